The van der Waals surface area contributed by atoms with Crippen LogP contribution in [-0.2, 0) is 10.5 Å². The molecule has 0 unspecified atom stereocenters. The van der Waals surface area contributed by atoms with Gasteiger partial charge in [0.2, 0.25) is 5.91 Å². The second-order valence-electron chi connectivity index (χ2n) is 5.83. The molecule has 0 spiro atoms. The summed E-state index contributed by atoms with van der Waals surface area (Å²) in [4.78, 5) is 11.9. The van der Waals surface area contributed by atoms with Crippen molar-refractivity contribution < 1.29 is 4.79 Å². The first-order chi connectivity index (χ1) is 9.31. The van der Waals surface area contributed by atoms with E-state index in [0.717, 1.165) is 17.6 Å². The van der Waals surface area contributed by atoms with Crippen LogP contribution in [0.5, 0.6) is 0 Å². The van der Waals surface area contributed by atoms with Gasteiger partial charge in [-0.05, 0) is 36.7 Å². The average Bonchev–Trinajstić information content (AvgIpc) is 3.02. The molecule has 2 aliphatic carbocycles. The van der Waals surface area contributed by atoms with Crippen LogP contribution in [0.15, 0.2) is 30.3 Å². The predicted molar refractivity (Wildman–Crippen MR) is 80.0 cm³/mol. The third kappa shape index (κ3) is 3.33. The number of benzene rings is 1. The van der Waals surface area contributed by atoms with Crippen LogP contribution in [0.2, 0.25) is 0 Å². The lowest BCUT2D eigenvalue weighted by Gasteiger charge is -2.22. The summed E-state index contributed by atoms with van der Waals surface area (Å²) in [5.41, 5.74) is 1.29. The molecule has 2 saturated carbocycles. The fraction of sp³-hybridized carbons (Fsp3) is 0.562. The van der Waals surface area contributed by atoms with Crippen molar-refractivity contribution in [1.29, 1.82) is 0 Å². The van der Waals surface area contributed by atoms with Gasteiger partial charge in [-0.2, -0.15) is 0 Å². The molecule has 1 amide bonds. The molecular formula is C16H21NOS. The number of fused-ring (bicyclic) bond motifs is 2. The van der Waals surface area contributed by atoms with Crippen molar-refractivity contribution in [3.05, 3.63) is 35.9 Å². The van der Waals surface area contributed by atoms with E-state index in [0.29, 0.717) is 11.8 Å². The third-order valence-electron chi connectivity index (χ3n) is 4.43. The summed E-state index contributed by atoms with van der Waals surface area (Å²) in [6, 6.07) is 10.8. The van der Waals surface area contributed by atoms with Crippen molar-refractivity contribution in [2.45, 2.75) is 37.5 Å². The highest BCUT2D eigenvalue weighted by atomic mass is 32.2. The van der Waals surface area contributed by atoms with Crippen LogP contribution < -0.4 is 5.32 Å². The number of rotatable bonds is 5. The van der Waals surface area contributed by atoms with E-state index in [1.165, 1.54) is 31.2 Å². The molecule has 0 aliphatic heterocycles. The lowest BCUT2D eigenvalue weighted by Crippen LogP contribution is -2.39. The predicted octanol–water partition coefficient (Wildman–Crippen LogP) is 3.22. The maximum Gasteiger partial charge on any atom is 0.230 e. The normalized spacial score (nSPS) is 28.5. The number of hydrogen-bond donors (Lipinski definition) is 1. The summed E-state index contributed by atoms with van der Waals surface area (Å²) >= 11 is 1.71. The Hall–Kier alpha value is -0.960. The van der Waals surface area contributed by atoms with E-state index >= 15 is 0 Å². The summed E-state index contributed by atoms with van der Waals surface area (Å²) in [6.07, 6.45) is 5.29. The van der Waals surface area contributed by atoms with Crippen molar-refractivity contribution in [1.82, 2.24) is 5.32 Å². The summed E-state index contributed by atoms with van der Waals surface area (Å²) in [5, 5.41) is 3.24. The maximum atomic E-state index is 11.9. The summed E-state index contributed by atoms with van der Waals surface area (Å²) in [5.74, 6) is 3.40. The second kappa shape index (κ2) is 6.00. The first kappa shape index (κ1) is 13.0. The maximum absolute atomic E-state index is 11.9. The Morgan fingerprint density at radius 2 is 2.05 bits per heavy atom. The highest BCUT2D eigenvalue weighted by Gasteiger charge is 2.39. The van der Waals surface area contributed by atoms with Crippen LogP contribution in [0.3, 0.4) is 0 Å². The van der Waals surface area contributed by atoms with Gasteiger partial charge in [-0.1, -0.05) is 36.8 Å². The van der Waals surface area contributed by atoms with Gasteiger partial charge in [0.15, 0.2) is 0 Å². The van der Waals surface area contributed by atoms with Gasteiger partial charge in [0.1, 0.15) is 0 Å². The molecule has 1 aromatic carbocycles. The summed E-state index contributed by atoms with van der Waals surface area (Å²) in [7, 11) is 0. The quantitative estimate of drug-likeness (QED) is 0.894. The van der Waals surface area contributed by atoms with E-state index in [9.17, 15) is 4.79 Å². The number of amides is 1. The van der Waals surface area contributed by atoms with Gasteiger partial charge in [0.05, 0.1) is 5.75 Å². The fourth-order valence-electron chi connectivity index (χ4n) is 3.51. The molecule has 3 atom stereocenters. The van der Waals surface area contributed by atoms with Crippen molar-refractivity contribution in [2.75, 3.05) is 5.75 Å². The van der Waals surface area contributed by atoms with E-state index in [1.807, 2.05) is 18.2 Å². The molecule has 3 heteroatoms. The van der Waals surface area contributed by atoms with Crippen molar-refractivity contribution in [3.63, 3.8) is 0 Å². The lowest BCUT2D eigenvalue weighted by molar-refractivity contribution is -0.119. The van der Waals surface area contributed by atoms with Gasteiger partial charge in [-0.15, -0.1) is 11.8 Å². The Morgan fingerprint density at radius 1 is 1.21 bits per heavy atom. The van der Waals surface area contributed by atoms with Crippen molar-refractivity contribution in [3.8, 4) is 0 Å². The molecule has 0 aromatic heterocycles. The summed E-state index contributed by atoms with van der Waals surface area (Å²) < 4.78 is 0. The molecule has 0 saturated heterocycles. The smallest absolute Gasteiger partial charge is 0.230 e. The summed E-state index contributed by atoms with van der Waals surface area (Å²) in [6.45, 7) is 0. The van der Waals surface area contributed by atoms with Gasteiger partial charge in [-0.3, -0.25) is 4.79 Å². The van der Waals surface area contributed by atoms with E-state index < -0.39 is 0 Å². The number of carbonyl (C=O) groups is 1. The Balaban J connectivity index is 1.38. The zero-order chi connectivity index (χ0) is 13.1. The van der Waals surface area contributed by atoms with Crippen LogP contribution >= 0.6 is 11.8 Å². The molecule has 0 heterocycles. The van der Waals surface area contributed by atoms with Gasteiger partial charge in [0.25, 0.3) is 0 Å². The number of carbonyl (C=O) groups excluding carboxylic acids is 1. The van der Waals surface area contributed by atoms with Crippen LogP contribution in [0.4, 0.5) is 0 Å². The minimum Gasteiger partial charge on any atom is -0.352 e. The molecule has 102 valence electrons. The minimum atomic E-state index is 0.221. The average molecular weight is 275 g/mol. The van der Waals surface area contributed by atoms with Gasteiger partial charge in [0, 0.05) is 11.8 Å². The fourth-order valence-corrected chi connectivity index (χ4v) is 4.30. The van der Waals surface area contributed by atoms with Crippen LogP contribution in [-0.4, -0.2) is 17.7 Å². The first-order valence-electron chi connectivity index (χ1n) is 7.22. The Bertz CT molecular complexity index is 434. The molecule has 2 bridgehead atoms. The molecule has 1 aromatic rings. The molecular weight excluding hydrogens is 254 g/mol. The Kier molecular flexibility index (Phi) is 4.12. The van der Waals surface area contributed by atoms with E-state index in [4.69, 9.17) is 0 Å². The topological polar surface area (TPSA) is 29.1 Å². The van der Waals surface area contributed by atoms with Gasteiger partial charge < -0.3 is 5.32 Å². The monoisotopic (exact) mass is 275 g/mol. The second-order valence-corrected chi connectivity index (χ2v) is 6.81. The third-order valence-corrected chi connectivity index (χ3v) is 5.43. The zero-order valence-corrected chi connectivity index (χ0v) is 12.0. The lowest BCUT2D eigenvalue weighted by atomic mass is 9.95. The van der Waals surface area contributed by atoms with Crippen LogP contribution in [0.1, 0.15) is 31.2 Å². The Morgan fingerprint density at radius 3 is 2.74 bits per heavy atom. The SMILES string of the molecule is O=C(CSCc1ccccc1)N[C@H]1C[C@@H]2CC[C@@H]1C2. The molecule has 2 fully saturated rings. The minimum absolute atomic E-state index is 0.221. The molecule has 3 rings (SSSR count). The van der Waals surface area contributed by atoms with E-state index in [2.05, 4.69) is 17.4 Å². The van der Waals surface area contributed by atoms with Gasteiger partial charge in [-0.25, -0.2) is 0 Å². The number of hydrogen-bond acceptors (Lipinski definition) is 2. The van der Waals surface area contributed by atoms with Crippen LogP contribution in [0, 0.1) is 11.8 Å². The first-order valence-corrected chi connectivity index (χ1v) is 8.38. The molecule has 19 heavy (non-hydrogen) atoms. The van der Waals surface area contributed by atoms with E-state index in [-0.39, 0.29) is 5.91 Å². The van der Waals surface area contributed by atoms with Crippen molar-refractivity contribution >= 4 is 17.7 Å². The van der Waals surface area contributed by atoms with Crippen molar-refractivity contribution in [2.24, 2.45) is 11.8 Å². The van der Waals surface area contributed by atoms with Crippen LogP contribution in [0.25, 0.3) is 0 Å². The Labute approximate surface area is 119 Å². The molecule has 2 nitrogen and oxygen atoms in total. The molecule has 1 N–H and O–H groups in total. The van der Waals surface area contributed by atoms with Gasteiger partial charge >= 0.3 is 0 Å². The number of nitrogens with one attached hydrogen (secondary N) is 1. The largest absolute Gasteiger partial charge is 0.352 e. The zero-order valence-electron chi connectivity index (χ0n) is 11.2. The number of thioether (sulfide) groups is 1. The highest BCUT2D eigenvalue weighted by Crippen LogP contribution is 2.44. The van der Waals surface area contributed by atoms with E-state index in [1.54, 1.807) is 11.8 Å². The molecule has 0 radical (unpaired) electrons. The molecule has 2 aliphatic rings. The highest BCUT2D eigenvalue weighted by molar-refractivity contribution is 7.99. The standard InChI is InChI=1S/C16H21NOS/c18-16(11-19-10-12-4-2-1-3-5-12)17-15-9-13-6-7-14(15)8-13/h1-5,13-15H,6-11H2,(H,17,18)/t13-,14-,15+/m1/s1.